The first-order valence-corrected chi connectivity index (χ1v) is 12.7. The number of amides is 1. The zero-order valence-electron chi connectivity index (χ0n) is 21.9. The maximum Gasteiger partial charge on any atom is 0.330 e. The molecule has 1 amide bonds. The first kappa shape index (κ1) is 28.5. The van der Waals surface area contributed by atoms with Gasteiger partial charge < -0.3 is 29.4 Å². The highest BCUT2D eigenvalue weighted by molar-refractivity contribution is 5.76. The van der Waals surface area contributed by atoms with E-state index in [-0.39, 0.29) is 19.5 Å². The molecule has 0 saturated carbocycles. The molecule has 0 bridgehead atoms. The highest BCUT2D eigenvalue weighted by Gasteiger charge is 2.56. The first-order valence-electron chi connectivity index (χ1n) is 12.7. The minimum Gasteiger partial charge on any atom is -0.388 e. The molecule has 0 aromatic carbocycles. The van der Waals surface area contributed by atoms with Crippen LogP contribution in [0.1, 0.15) is 32.7 Å². The number of aliphatic hydroxyl groups is 1. The SMILES string of the molecule is CC1(C)O[C@@H]2[C@H](O1)[C@@H](CNC(=O)C[C@H]1[C@@H](O)[C@H](n3ccc(=O)[nH]c3=O)O[C@@H]1CN=[N+]=[N-])O[C@H]2n1ccc(=O)[nH]c1=O. The van der Waals surface area contributed by atoms with Crippen molar-refractivity contribution in [1.82, 2.24) is 24.4 Å². The smallest absolute Gasteiger partial charge is 0.330 e. The second kappa shape index (κ2) is 11.1. The average Bonchev–Trinajstić information content (AvgIpc) is 3.50. The molecule has 0 radical (unpaired) electrons. The quantitative estimate of drug-likeness (QED) is 0.156. The molecule has 8 atom stereocenters. The van der Waals surface area contributed by atoms with Gasteiger partial charge in [-0.15, -0.1) is 0 Å². The zero-order chi connectivity index (χ0) is 29.5. The highest BCUT2D eigenvalue weighted by Crippen LogP contribution is 2.42. The van der Waals surface area contributed by atoms with Gasteiger partial charge in [0.25, 0.3) is 11.1 Å². The number of fused-ring (bicyclic) bond motifs is 1. The van der Waals surface area contributed by atoms with Crippen LogP contribution in [0.2, 0.25) is 0 Å². The summed E-state index contributed by atoms with van der Waals surface area (Å²) in [5.41, 5.74) is 6.04. The van der Waals surface area contributed by atoms with Crippen LogP contribution in [0.25, 0.3) is 10.4 Å². The van der Waals surface area contributed by atoms with Gasteiger partial charge in [-0.05, 0) is 19.4 Å². The van der Waals surface area contributed by atoms with E-state index in [4.69, 9.17) is 24.5 Å². The summed E-state index contributed by atoms with van der Waals surface area (Å²) in [6.45, 7) is 3.12. The van der Waals surface area contributed by atoms with Gasteiger partial charge in [-0.2, -0.15) is 0 Å². The zero-order valence-corrected chi connectivity index (χ0v) is 21.9. The van der Waals surface area contributed by atoms with Crippen LogP contribution in [0.5, 0.6) is 0 Å². The molecular formula is C23H28N8O10. The number of carbonyl (C=O) groups is 1. The fraction of sp³-hybridized carbons (Fsp3) is 0.609. The van der Waals surface area contributed by atoms with E-state index < -0.39 is 83.1 Å². The molecule has 2 aromatic rings. The molecule has 18 nitrogen and oxygen atoms in total. The maximum absolute atomic E-state index is 13.0. The molecule has 3 aliphatic rings. The monoisotopic (exact) mass is 576 g/mol. The standard InChI is InChI=1S/C23H28N8O10/c1-23(2)40-17-12(39-20(18(17)41-23)31-6-4-14(33)28-22(31)37)8-25-15(34)7-10-11(9-26-29-24)38-19(16(10)35)30-5-3-13(32)27-21(30)36/h3-6,10-12,16-20,35H,7-9H2,1-2H3,(H,25,34)(H,27,32,36)(H,28,33,37)/t10-,11-,12-,16-,17-,18-,19-,20-/m1/s1. The summed E-state index contributed by atoms with van der Waals surface area (Å²) in [5, 5.41) is 17.2. The lowest BCUT2D eigenvalue weighted by Gasteiger charge is -2.25. The van der Waals surface area contributed by atoms with Crippen molar-refractivity contribution < 1.29 is 28.8 Å². The van der Waals surface area contributed by atoms with Crippen molar-refractivity contribution >= 4 is 5.91 Å². The summed E-state index contributed by atoms with van der Waals surface area (Å²) in [6, 6.07) is 2.26. The molecule has 0 unspecified atom stereocenters. The van der Waals surface area contributed by atoms with E-state index in [0.717, 1.165) is 16.8 Å². The Hall–Kier alpha value is -4.06. The van der Waals surface area contributed by atoms with Gasteiger partial charge in [-0.25, -0.2) is 9.59 Å². The normalized spacial score (nSPS) is 31.9. The van der Waals surface area contributed by atoms with Crippen molar-refractivity contribution in [3.05, 3.63) is 76.6 Å². The molecule has 0 aliphatic carbocycles. The van der Waals surface area contributed by atoms with E-state index in [1.54, 1.807) is 13.8 Å². The number of nitrogens with one attached hydrogen (secondary N) is 3. The Bertz CT molecular complexity index is 1590. The van der Waals surface area contributed by atoms with Crippen LogP contribution in [-0.4, -0.2) is 79.5 Å². The van der Waals surface area contributed by atoms with E-state index in [1.807, 2.05) is 0 Å². The Labute approximate surface area is 229 Å². The van der Waals surface area contributed by atoms with Gasteiger partial charge in [0.05, 0.1) is 12.6 Å². The number of hydrogen-bond donors (Lipinski definition) is 4. The minimum absolute atomic E-state index is 0.0540. The lowest BCUT2D eigenvalue weighted by Crippen LogP contribution is -2.41. The molecule has 18 heteroatoms. The fourth-order valence-corrected chi connectivity index (χ4v) is 5.37. The summed E-state index contributed by atoms with van der Waals surface area (Å²) in [7, 11) is 0. The van der Waals surface area contributed by atoms with Gasteiger partial charge in [-0.3, -0.25) is 33.5 Å². The number of hydrogen-bond acceptors (Lipinski definition) is 11. The molecule has 41 heavy (non-hydrogen) atoms. The Morgan fingerprint density at radius 1 is 1.02 bits per heavy atom. The predicted octanol–water partition coefficient (Wildman–Crippen LogP) is -1.80. The van der Waals surface area contributed by atoms with Crippen LogP contribution >= 0.6 is 0 Å². The molecule has 5 heterocycles. The van der Waals surface area contributed by atoms with Crippen LogP contribution in [0, 0.1) is 5.92 Å². The number of aromatic nitrogens is 4. The number of aliphatic hydroxyl groups excluding tert-OH is 1. The van der Waals surface area contributed by atoms with Crippen LogP contribution in [0.3, 0.4) is 0 Å². The van der Waals surface area contributed by atoms with Gasteiger partial charge >= 0.3 is 11.4 Å². The van der Waals surface area contributed by atoms with Gasteiger partial charge in [0.2, 0.25) is 5.91 Å². The van der Waals surface area contributed by atoms with Gasteiger partial charge in [-0.1, -0.05) is 5.11 Å². The molecule has 220 valence electrons. The average molecular weight is 577 g/mol. The van der Waals surface area contributed by atoms with Crippen molar-refractivity contribution in [2.45, 2.75) is 69.0 Å². The van der Waals surface area contributed by atoms with E-state index >= 15 is 0 Å². The third-order valence-electron chi connectivity index (χ3n) is 7.14. The number of ether oxygens (including phenoxy) is 4. The second-order valence-electron chi connectivity index (χ2n) is 10.3. The topological polar surface area (TPSA) is 245 Å². The third kappa shape index (κ3) is 5.74. The van der Waals surface area contributed by atoms with E-state index in [1.165, 1.54) is 16.8 Å². The fourth-order valence-electron chi connectivity index (χ4n) is 5.37. The van der Waals surface area contributed by atoms with Crippen LogP contribution in [-0.2, 0) is 23.7 Å². The molecule has 4 N–H and O–H groups in total. The minimum atomic E-state index is -1.36. The van der Waals surface area contributed by atoms with Gasteiger partial charge in [0.15, 0.2) is 18.2 Å². The molecule has 3 aliphatic heterocycles. The largest absolute Gasteiger partial charge is 0.388 e. The number of rotatable bonds is 8. The lowest BCUT2D eigenvalue weighted by molar-refractivity contribution is -0.196. The van der Waals surface area contributed by atoms with E-state index in [2.05, 4.69) is 25.3 Å². The summed E-state index contributed by atoms with van der Waals surface area (Å²) in [4.78, 5) is 67.6. The van der Waals surface area contributed by atoms with Crippen molar-refractivity contribution in [1.29, 1.82) is 0 Å². The summed E-state index contributed by atoms with van der Waals surface area (Å²) < 4.78 is 25.9. The molecular weight excluding hydrogens is 548 g/mol. The number of azide groups is 1. The van der Waals surface area contributed by atoms with Crippen molar-refractivity contribution in [2.24, 2.45) is 11.0 Å². The lowest BCUT2D eigenvalue weighted by atomic mass is 9.93. The third-order valence-corrected chi connectivity index (χ3v) is 7.14. The van der Waals surface area contributed by atoms with Gasteiger partial charge in [0, 0.05) is 48.3 Å². The molecule has 0 spiro atoms. The molecule has 2 aromatic heterocycles. The van der Waals surface area contributed by atoms with Crippen LogP contribution in [0.4, 0.5) is 0 Å². The van der Waals surface area contributed by atoms with E-state index in [0.29, 0.717) is 0 Å². The summed E-state index contributed by atoms with van der Waals surface area (Å²) >= 11 is 0. The Morgan fingerprint density at radius 2 is 1.61 bits per heavy atom. The Morgan fingerprint density at radius 3 is 2.22 bits per heavy atom. The Balaban J connectivity index is 1.28. The number of H-pyrrole nitrogens is 2. The number of nitrogens with zero attached hydrogens (tertiary/aromatic N) is 5. The van der Waals surface area contributed by atoms with Crippen LogP contribution in [0.15, 0.2) is 48.8 Å². The number of carbonyl (C=O) groups excluding carboxylic acids is 1. The van der Waals surface area contributed by atoms with Crippen molar-refractivity contribution in [3.63, 3.8) is 0 Å². The number of aromatic amines is 2. The second-order valence-corrected chi connectivity index (χ2v) is 10.3. The summed E-state index contributed by atoms with van der Waals surface area (Å²) in [6.07, 6.45) is -4.40. The molecule has 3 fully saturated rings. The predicted molar refractivity (Wildman–Crippen MR) is 135 cm³/mol. The Kier molecular flexibility index (Phi) is 7.69. The van der Waals surface area contributed by atoms with E-state index in [9.17, 15) is 29.1 Å². The van der Waals surface area contributed by atoms with Gasteiger partial charge in [0.1, 0.15) is 24.4 Å². The van der Waals surface area contributed by atoms with Crippen molar-refractivity contribution in [3.8, 4) is 0 Å². The first-order chi connectivity index (χ1) is 19.5. The maximum atomic E-state index is 13.0. The van der Waals surface area contributed by atoms with Crippen LogP contribution < -0.4 is 27.8 Å². The highest BCUT2D eigenvalue weighted by atomic mass is 16.8. The molecule has 5 rings (SSSR count). The van der Waals surface area contributed by atoms with Crippen molar-refractivity contribution in [2.75, 3.05) is 13.1 Å². The summed E-state index contributed by atoms with van der Waals surface area (Å²) in [5.74, 6) is -2.39. The molecule has 3 saturated heterocycles.